The molecule has 1 aliphatic heterocycles. The molecule has 0 atom stereocenters. The fourth-order valence-corrected chi connectivity index (χ4v) is 4.31. The molecule has 4 rings (SSSR count). The number of ether oxygens (including phenoxy) is 2. The quantitative estimate of drug-likeness (QED) is 0.692. The van der Waals surface area contributed by atoms with E-state index in [9.17, 15) is 14.7 Å². The molecular weight excluding hydrogens is 408 g/mol. The van der Waals surface area contributed by atoms with Crippen molar-refractivity contribution >= 4 is 35.6 Å². The van der Waals surface area contributed by atoms with Gasteiger partial charge in [-0.3, -0.25) is 4.40 Å². The fourth-order valence-electron chi connectivity index (χ4n) is 3.44. The van der Waals surface area contributed by atoms with E-state index in [0.29, 0.717) is 28.9 Å². The number of carbonyl (C=O) groups excluding carboxylic acids is 1. The lowest BCUT2D eigenvalue weighted by atomic mass is 10.2. The van der Waals surface area contributed by atoms with E-state index >= 15 is 0 Å². The Kier molecular flexibility index (Phi) is 5.49. The Bertz CT molecular complexity index is 1130. The summed E-state index contributed by atoms with van der Waals surface area (Å²) in [7, 11) is 1.27. The molecule has 1 aliphatic carbocycles. The number of aliphatic carboxylic acids is 1. The van der Waals surface area contributed by atoms with Crippen molar-refractivity contribution in [2.24, 2.45) is 0 Å². The Morgan fingerprint density at radius 2 is 2.20 bits per heavy atom. The first-order valence-electron chi connectivity index (χ1n) is 9.42. The summed E-state index contributed by atoms with van der Waals surface area (Å²) in [5, 5.41) is 13.3. The summed E-state index contributed by atoms with van der Waals surface area (Å²) < 4.78 is 12.5. The van der Waals surface area contributed by atoms with Gasteiger partial charge >= 0.3 is 11.9 Å². The third kappa shape index (κ3) is 3.65. The standard InChI is InChI=1S/C20H20N4O5S/c1-3-29-17-12-5-4-6-15(12)24-9-11(22-20(24)23-17)7-16-13(19(27)28-2)8-21-14(10-30-16)18(25)26/h7-10,21H,3-6H2,1-2H3,(H,25,26). The van der Waals surface area contributed by atoms with Gasteiger partial charge in [0.2, 0.25) is 11.7 Å². The van der Waals surface area contributed by atoms with Gasteiger partial charge in [0, 0.05) is 34.0 Å². The third-order valence-electron chi connectivity index (χ3n) is 4.78. The van der Waals surface area contributed by atoms with Crippen molar-refractivity contribution < 1.29 is 24.2 Å². The van der Waals surface area contributed by atoms with Crippen LogP contribution >= 0.6 is 11.8 Å². The fraction of sp³-hybridized carbons (Fsp3) is 0.300. The minimum absolute atomic E-state index is 0.0411. The second-order valence-electron chi connectivity index (χ2n) is 6.62. The number of fused-ring (bicyclic) bond motifs is 3. The molecule has 0 fully saturated rings. The Labute approximate surface area is 176 Å². The first-order chi connectivity index (χ1) is 14.5. The number of hydrogen-bond donors (Lipinski definition) is 2. The number of carbonyl (C=O) groups is 2. The van der Waals surface area contributed by atoms with Crippen LogP contribution in [0.1, 0.15) is 30.3 Å². The van der Waals surface area contributed by atoms with E-state index in [2.05, 4.69) is 15.3 Å². The van der Waals surface area contributed by atoms with Crippen LogP contribution in [-0.4, -0.2) is 45.1 Å². The Balaban J connectivity index is 1.79. The van der Waals surface area contributed by atoms with Gasteiger partial charge in [0.1, 0.15) is 5.70 Å². The number of nitrogens with one attached hydrogen (secondary N) is 1. The molecule has 0 spiro atoms. The van der Waals surface area contributed by atoms with Crippen LogP contribution in [0.25, 0.3) is 11.9 Å². The highest BCUT2D eigenvalue weighted by Gasteiger charge is 2.23. The molecule has 9 nitrogen and oxygen atoms in total. The van der Waals surface area contributed by atoms with Crippen molar-refractivity contribution in [1.82, 2.24) is 19.7 Å². The number of hydrogen-bond acceptors (Lipinski definition) is 8. The number of imidazole rings is 1. The Morgan fingerprint density at radius 1 is 1.37 bits per heavy atom. The summed E-state index contributed by atoms with van der Waals surface area (Å²) in [6, 6.07) is 0. The summed E-state index contributed by atoms with van der Waals surface area (Å²) in [5.41, 5.74) is 3.00. The van der Waals surface area contributed by atoms with E-state index in [-0.39, 0.29) is 11.3 Å². The van der Waals surface area contributed by atoms with Gasteiger partial charge in [-0.25, -0.2) is 14.6 Å². The Hall–Kier alpha value is -3.27. The van der Waals surface area contributed by atoms with Gasteiger partial charge in [-0.05, 0) is 32.3 Å². The first-order valence-corrected chi connectivity index (χ1v) is 10.3. The summed E-state index contributed by atoms with van der Waals surface area (Å²) in [6.45, 7) is 2.45. The lowest BCUT2D eigenvalue weighted by Gasteiger charge is -2.09. The Morgan fingerprint density at radius 3 is 2.93 bits per heavy atom. The van der Waals surface area contributed by atoms with Crippen LogP contribution < -0.4 is 10.1 Å². The van der Waals surface area contributed by atoms with E-state index in [1.165, 1.54) is 18.7 Å². The number of nitrogens with zero attached hydrogens (tertiary/aromatic N) is 3. The van der Waals surface area contributed by atoms with Gasteiger partial charge in [-0.2, -0.15) is 4.98 Å². The molecule has 2 N–H and O–H groups in total. The molecule has 0 saturated heterocycles. The highest BCUT2D eigenvalue weighted by molar-refractivity contribution is 8.06. The molecule has 10 heteroatoms. The minimum Gasteiger partial charge on any atom is -0.478 e. The number of carboxylic acid groups (broad SMARTS) is 1. The maximum absolute atomic E-state index is 12.2. The second kappa shape index (κ2) is 8.23. The monoisotopic (exact) mass is 428 g/mol. The van der Waals surface area contributed by atoms with Crippen LogP contribution in [0.15, 0.2) is 34.0 Å². The molecule has 156 valence electrons. The van der Waals surface area contributed by atoms with Crippen molar-refractivity contribution in [1.29, 1.82) is 0 Å². The molecule has 0 radical (unpaired) electrons. The summed E-state index contributed by atoms with van der Waals surface area (Å²) >= 11 is 1.11. The number of esters is 1. The largest absolute Gasteiger partial charge is 0.478 e. The van der Waals surface area contributed by atoms with E-state index in [1.807, 2.05) is 17.5 Å². The van der Waals surface area contributed by atoms with Gasteiger partial charge < -0.3 is 19.9 Å². The number of methoxy groups -OCH3 is 1. The lowest BCUT2D eigenvalue weighted by Crippen LogP contribution is -2.15. The van der Waals surface area contributed by atoms with Crippen molar-refractivity contribution in [3.8, 4) is 5.88 Å². The lowest BCUT2D eigenvalue weighted by molar-refractivity contribution is -0.136. The van der Waals surface area contributed by atoms with E-state index in [1.54, 1.807) is 6.08 Å². The molecule has 0 amide bonds. The number of aromatic nitrogens is 3. The predicted molar refractivity (Wildman–Crippen MR) is 111 cm³/mol. The van der Waals surface area contributed by atoms with Gasteiger partial charge in [0.15, 0.2) is 0 Å². The van der Waals surface area contributed by atoms with E-state index in [0.717, 1.165) is 42.3 Å². The van der Waals surface area contributed by atoms with E-state index in [4.69, 9.17) is 9.47 Å². The van der Waals surface area contributed by atoms with Gasteiger partial charge in [0.05, 0.1) is 25.0 Å². The van der Waals surface area contributed by atoms with Crippen molar-refractivity contribution in [2.45, 2.75) is 26.2 Å². The molecular formula is C20H20N4O5S. The number of carboxylic acids is 1. The highest BCUT2D eigenvalue weighted by atomic mass is 32.2. The van der Waals surface area contributed by atoms with Crippen LogP contribution in [0.5, 0.6) is 5.88 Å². The third-order valence-corrected chi connectivity index (χ3v) is 5.73. The maximum atomic E-state index is 12.2. The van der Waals surface area contributed by atoms with Gasteiger partial charge in [-0.1, -0.05) is 11.8 Å². The van der Waals surface area contributed by atoms with Crippen LogP contribution in [0.2, 0.25) is 0 Å². The molecule has 0 unspecified atom stereocenters. The number of aryl methyl sites for hydroxylation is 1. The highest BCUT2D eigenvalue weighted by Crippen LogP contribution is 2.33. The molecule has 0 bridgehead atoms. The zero-order chi connectivity index (χ0) is 21.3. The smallest absolute Gasteiger partial charge is 0.352 e. The predicted octanol–water partition coefficient (Wildman–Crippen LogP) is 2.28. The summed E-state index contributed by atoms with van der Waals surface area (Å²) in [6.07, 6.45) is 7.78. The average Bonchev–Trinajstić information content (AvgIpc) is 3.30. The van der Waals surface area contributed by atoms with Gasteiger partial charge in [-0.15, -0.1) is 0 Å². The molecule has 2 aromatic heterocycles. The zero-order valence-electron chi connectivity index (χ0n) is 16.5. The average molecular weight is 428 g/mol. The van der Waals surface area contributed by atoms with Crippen LogP contribution in [-0.2, 0) is 27.2 Å². The molecule has 3 heterocycles. The zero-order valence-corrected chi connectivity index (χ0v) is 17.3. The second-order valence-corrected chi connectivity index (χ2v) is 7.53. The van der Waals surface area contributed by atoms with E-state index < -0.39 is 11.9 Å². The van der Waals surface area contributed by atoms with Crippen LogP contribution in [0.4, 0.5) is 0 Å². The number of thioether (sulfide) groups is 1. The normalized spacial score (nSPS) is 17.1. The molecule has 2 aliphatic rings. The van der Waals surface area contributed by atoms with Crippen molar-refractivity contribution in [3.05, 3.63) is 50.9 Å². The van der Waals surface area contributed by atoms with Crippen LogP contribution in [0.3, 0.4) is 0 Å². The topological polar surface area (TPSA) is 115 Å². The minimum atomic E-state index is -1.12. The van der Waals surface area contributed by atoms with Crippen LogP contribution in [0, 0.1) is 0 Å². The van der Waals surface area contributed by atoms with Crippen molar-refractivity contribution in [2.75, 3.05) is 13.7 Å². The summed E-state index contributed by atoms with van der Waals surface area (Å²) in [4.78, 5) is 33.2. The SMILES string of the molecule is CCOc1nc2nc(C=C3SC=C(C(=O)O)NC=C3C(=O)OC)cn2c2c1CCC2. The number of rotatable bonds is 5. The maximum Gasteiger partial charge on any atom is 0.352 e. The van der Waals surface area contributed by atoms with Gasteiger partial charge in [0.25, 0.3) is 0 Å². The molecule has 2 aromatic rings. The molecule has 0 saturated carbocycles. The first kappa shape index (κ1) is 20.0. The molecule has 30 heavy (non-hydrogen) atoms. The summed E-state index contributed by atoms with van der Waals surface area (Å²) in [5.74, 6) is -0.560. The molecule has 0 aromatic carbocycles. The van der Waals surface area contributed by atoms with Crippen molar-refractivity contribution in [3.63, 3.8) is 0 Å².